The highest BCUT2D eigenvalue weighted by atomic mass is 19.1. The summed E-state index contributed by atoms with van der Waals surface area (Å²) >= 11 is 0. The zero-order chi connectivity index (χ0) is 27.7. The molecule has 2 aromatic rings. The summed E-state index contributed by atoms with van der Waals surface area (Å²) in [6.07, 6.45) is 6.67. The molecule has 2 N–H and O–H groups in total. The number of carbonyl (C=O) groups is 1. The maximum atomic E-state index is 14.0. The molecule has 39 heavy (non-hydrogen) atoms. The lowest BCUT2D eigenvalue weighted by molar-refractivity contribution is -0.122. The second-order valence-electron chi connectivity index (χ2n) is 13.3. The lowest BCUT2D eigenvalue weighted by Crippen LogP contribution is -2.49. The zero-order valence-electron chi connectivity index (χ0n) is 24.2. The first-order valence-electron chi connectivity index (χ1n) is 15.1. The van der Waals surface area contributed by atoms with Gasteiger partial charge in [-0.3, -0.25) is 9.59 Å². The first-order valence-corrected chi connectivity index (χ1v) is 15.1. The van der Waals surface area contributed by atoms with Gasteiger partial charge in [-0.2, -0.15) is 0 Å². The van der Waals surface area contributed by atoms with Crippen molar-refractivity contribution in [2.45, 2.75) is 90.0 Å². The number of piperidine rings is 2. The molecule has 0 amide bonds. The SMILES string of the molecule is CC[C@H]1CCCN(C[C@H]2CN[C@H](C)CC2CC(=O)C2CC(C)(C)c3[nH]c(=O)c(Cc4ccc(F)cc4)cc32)C1. The number of nitrogens with one attached hydrogen (secondary N) is 2. The number of fused-ring (bicyclic) bond motifs is 1. The first-order chi connectivity index (χ1) is 18.6. The lowest BCUT2D eigenvalue weighted by Gasteiger charge is -2.41. The summed E-state index contributed by atoms with van der Waals surface area (Å²) in [6.45, 7) is 13.2. The lowest BCUT2D eigenvalue weighted by atomic mass is 9.77. The van der Waals surface area contributed by atoms with Crippen molar-refractivity contribution >= 4 is 5.78 Å². The Kier molecular flexibility index (Phi) is 8.44. The molecule has 2 saturated heterocycles. The molecule has 0 bridgehead atoms. The normalized spacial score (nSPS) is 28.8. The van der Waals surface area contributed by atoms with Gasteiger partial charge in [0.05, 0.1) is 0 Å². The Balaban J connectivity index is 1.34. The van der Waals surface area contributed by atoms with Crippen LogP contribution in [0.4, 0.5) is 4.39 Å². The number of aromatic nitrogens is 1. The van der Waals surface area contributed by atoms with Gasteiger partial charge < -0.3 is 15.2 Å². The van der Waals surface area contributed by atoms with E-state index in [2.05, 4.69) is 42.9 Å². The van der Waals surface area contributed by atoms with Crippen molar-refractivity contribution in [2.75, 3.05) is 26.2 Å². The Hall–Kier alpha value is -2.31. The van der Waals surface area contributed by atoms with Gasteiger partial charge in [-0.25, -0.2) is 4.39 Å². The average Bonchev–Trinajstić information content (AvgIpc) is 3.17. The molecule has 5 atom stereocenters. The highest BCUT2D eigenvalue weighted by Gasteiger charge is 2.43. The van der Waals surface area contributed by atoms with E-state index in [0.717, 1.165) is 48.7 Å². The molecule has 0 spiro atoms. The Morgan fingerprint density at radius 3 is 2.69 bits per heavy atom. The molecular weight excluding hydrogens is 489 g/mol. The second kappa shape index (κ2) is 11.7. The van der Waals surface area contributed by atoms with Crippen LogP contribution in [0.2, 0.25) is 0 Å². The molecule has 0 radical (unpaired) electrons. The standard InChI is InChI=1S/C33H46FN3O2/c1-5-22-7-6-12-37(19-22)20-26-18-35-21(2)13-24(26)16-30(38)29-17-33(3,4)31-28(29)15-25(32(39)36-31)14-23-8-10-27(34)11-9-23/h8-11,15,21-22,24,26,29,35H,5-7,12-14,16-20H2,1-4H3,(H,36,39)/t21-,22+,24?,26-,29?/m1/s1. The van der Waals surface area contributed by atoms with Crippen molar-refractivity contribution in [3.05, 3.63) is 68.9 Å². The number of ketones is 1. The van der Waals surface area contributed by atoms with Gasteiger partial charge in [0, 0.05) is 54.6 Å². The summed E-state index contributed by atoms with van der Waals surface area (Å²) in [5.41, 5.74) is 3.05. The topological polar surface area (TPSA) is 65.2 Å². The van der Waals surface area contributed by atoms with Crippen molar-refractivity contribution in [3.63, 3.8) is 0 Å². The maximum Gasteiger partial charge on any atom is 0.251 e. The quantitative estimate of drug-likeness (QED) is 0.464. The molecule has 2 unspecified atom stereocenters. The van der Waals surface area contributed by atoms with E-state index in [0.29, 0.717) is 42.1 Å². The molecule has 1 aromatic carbocycles. The van der Waals surface area contributed by atoms with Gasteiger partial charge in [-0.15, -0.1) is 0 Å². The largest absolute Gasteiger partial charge is 0.325 e. The third-order valence-corrected chi connectivity index (χ3v) is 9.80. The summed E-state index contributed by atoms with van der Waals surface area (Å²) in [5.74, 6) is 1.51. The molecule has 2 fully saturated rings. The molecular formula is C33H46FN3O2. The Labute approximate surface area is 233 Å². The van der Waals surface area contributed by atoms with Gasteiger partial charge in [0.25, 0.3) is 5.56 Å². The van der Waals surface area contributed by atoms with Gasteiger partial charge in [-0.1, -0.05) is 39.3 Å². The number of rotatable bonds is 8. The number of Topliss-reactive ketones (excluding diaryl/α,β-unsaturated/α-hetero) is 1. The van der Waals surface area contributed by atoms with Gasteiger partial charge in [0.1, 0.15) is 11.6 Å². The molecule has 0 saturated carbocycles. The van der Waals surface area contributed by atoms with Gasteiger partial charge >= 0.3 is 0 Å². The summed E-state index contributed by atoms with van der Waals surface area (Å²) in [4.78, 5) is 32.8. The highest BCUT2D eigenvalue weighted by Crippen LogP contribution is 2.46. The van der Waals surface area contributed by atoms with Crippen LogP contribution >= 0.6 is 0 Å². The third-order valence-electron chi connectivity index (χ3n) is 9.80. The second-order valence-corrected chi connectivity index (χ2v) is 13.3. The fraction of sp³-hybridized carbons (Fsp3) is 0.636. The van der Waals surface area contributed by atoms with Crippen LogP contribution in [0.15, 0.2) is 35.1 Å². The van der Waals surface area contributed by atoms with Gasteiger partial charge in [0.15, 0.2) is 0 Å². The fourth-order valence-electron chi connectivity index (χ4n) is 7.48. The number of likely N-dealkylation sites (tertiary alicyclic amines) is 1. The molecule has 6 heteroatoms. The van der Waals surface area contributed by atoms with E-state index in [1.54, 1.807) is 12.1 Å². The number of aromatic amines is 1. The van der Waals surface area contributed by atoms with E-state index < -0.39 is 0 Å². The van der Waals surface area contributed by atoms with Gasteiger partial charge in [0.2, 0.25) is 0 Å². The van der Waals surface area contributed by atoms with E-state index in [4.69, 9.17) is 0 Å². The average molecular weight is 536 g/mol. The highest BCUT2D eigenvalue weighted by molar-refractivity contribution is 5.87. The van der Waals surface area contributed by atoms with E-state index in [1.165, 1.54) is 44.5 Å². The van der Waals surface area contributed by atoms with Crippen LogP contribution in [0.5, 0.6) is 0 Å². The van der Waals surface area contributed by atoms with Crippen LogP contribution in [0, 0.1) is 23.6 Å². The Morgan fingerprint density at radius 1 is 1.18 bits per heavy atom. The third kappa shape index (κ3) is 6.38. The van der Waals surface area contributed by atoms with E-state index in [1.807, 2.05) is 6.07 Å². The van der Waals surface area contributed by atoms with Crippen molar-refractivity contribution in [3.8, 4) is 0 Å². The summed E-state index contributed by atoms with van der Waals surface area (Å²) in [5, 5.41) is 3.69. The van der Waals surface area contributed by atoms with Crippen LogP contribution in [0.25, 0.3) is 0 Å². The van der Waals surface area contributed by atoms with E-state index in [9.17, 15) is 14.0 Å². The predicted octanol–water partition coefficient (Wildman–Crippen LogP) is 5.57. The van der Waals surface area contributed by atoms with Crippen molar-refractivity contribution in [1.29, 1.82) is 0 Å². The van der Waals surface area contributed by atoms with E-state index in [-0.39, 0.29) is 22.7 Å². The number of benzene rings is 1. The van der Waals surface area contributed by atoms with Crippen LogP contribution in [-0.4, -0.2) is 47.9 Å². The van der Waals surface area contributed by atoms with Gasteiger partial charge in [-0.05, 0) is 92.8 Å². The fourth-order valence-corrected chi connectivity index (χ4v) is 7.48. The smallest absolute Gasteiger partial charge is 0.251 e. The molecule has 212 valence electrons. The summed E-state index contributed by atoms with van der Waals surface area (Å²) < 4.78 is 13.4. The summed E-state index contributed by atoms with van der Waals surface area (Å²) in [7, 11) is 0. The maximum absolute atomic E-state index is 14.0. The van der Waals surface area contributed by atoms with E-state index >= 15 is 0 Å². The minimum absolute atomic E-state index is 0.113. The molecule has 5 nitrogen and oxygen atoms in total. The van der Waals surface area contributed by atoms with Crippen LogP contribution in [0.1, 0.15) is 94.5 Å². The minimum Gasteiger partial charge on any atom is -0.325 e. The van der Waals surface area contributed by atoms with Crippen molar-refractivity contribution in [2.24, 2.45) is 17.8 Å². The number of pyridine rings is 1. The van der Waals surface area contributed by atoms with Crippen molar-refractivity contribution in [1.82, 2.24) is 15.2 Å². The number of hydrogen-bond donors (Lipinski definition) is 2. The van der Waals surface area contributed by atoms with Crippen LogP contribution in [0.3, 0.4) is 0 Å². The minimum atomic E-state index is -0.287. The number of hydrogen-bond acceptors (Lipinski definition) is 4. The molecule has 1 aromatic heterocycles. The predicted molar refractivity (Wildman–Crippen MR) is 155 cm³/mol. The Morgan fingerprint density at radius 2 is 1.95 bits per heavy atom. The number of H-pyrrole nitrogens is 1. The number of nitrogens with zero attached hydrogens (tertiary/aromatic N) is 1. The molecule has 1 aliphatic carbocycles. The number of carbonyl (C=O) groups excluding carboxylic acids is 1. The molecule has 3 heterocycles. The number of halogens is 1. The van der Waals surface area contributed by atoms with Crippen LogP contribution < -0.4 is 10.9 Å². The first kappa shape index (κ1) is 28.2. The van der Waals surface area contributed by atoms with Crippen molar-refractivity contribution < 1.29 is 9.18 Å². The summed E-state index contributed by atoms with van der Waals surface area (Å²) in [6, 6.07) is 8.69. The monoisotopic (exact) mass is 535 g/mol. The molecule has 2 aliphatic heterocycles. The van der Waals surface area contributed by atoms with Crippen LogP contribution in [-0.2, 0) is 16.6 Å². The zero-order valence-corrected chi connectivity index (χ0v) is 24.2. The molecule has 3 aliphatic rings. The Bertz CT molecular complexity index is 1220. The molecule has 5 rings (SSSR count).